The lowest BCUT2D eigenvalue weighted by atomic mass is 9.73. The molecule has 0 amide bonds. The van der Waals surface area contributed by atoms with E-state index in [-0.39, 0.29) is 0 Å². The molecule has 0 aromatic carbocycles. The van der Waals surface area contributed by atoms with Crippen LogP contribution in [-0.4, -0.2) is 12.1 Å². The van der Waals surface area contributed by atoms with Crippen molar-refractivity contribution in [2.75, 3.05) is 7.11 Å². The molecule has 2 rings (SSSR count). The summed E-state index contributed by atoms with van der Waals surface area (Å²) in [5, 5.41) is 9.81. The molecule has 0 saturated heterocycles. The highest BCUT2D eigenvalue weighted by Crippen LogP contribution is 2.43. The van der Waals surface area contributed by atoms with Gasteiger partial charge in [-0.2, -0.15) is 5.26 Å². The van der Waals surface area contributed by atoms with Gasteiger partial charge in [-0.05, 0) is 36.7 Å². The van der Waals surface area contributed by atoms with Crippen LogP contribution in [0.2, 0.25) is 0 Å². The topological polar surface area (TPSA) is 45.9 Å². The van der Waals surface area contributed by atoms with Gasteiger partial charge in [0.2, 0.25) is 5.88 Å². The average Bonchev–Trinajstić information content (AvgIpc) is 2.61. The summed E-state index contributed by atoms with van der Waals surface area (Å²) < 4.78 is 5.26. The first-order chi connectivity index (χ1) is 9.60. The van der Waals surface area contributed by atoms with Crippen molar-refractivity contribution in [1.82, 2.24) is 4.98 Å². The van der Waals surface area contributed by atoms with E-state index in [0.29, 0.717) is 17.7 Å². The first kappa shape index (κ1) is 14.8. The Bertz CT molecular complexity index is 520. The molecule has 1 aromatic rings. The third-order valence-corrected chi connectivity index (χ3v) is 4.95. The SMILES string of the molecule is CC[C@@H]1Cc2nc(OC)ccc2C(C#N)(CC)CC1C. The monoisotopic (exact) mass is 272 g/mol. The Hall–Kier alpha value is -1.56. The lowest BCUT2D eigenvalue weighted by molar-refractivity contribution is 0.291. The van der Waals surface area contributed by atoms with E-state index >= 15 is 0 Å². The molecule has 0 radical (unpaired) electrons. The molecule has 1 aromatic heterocycles. The van der Waals surface area contributed by atoms with Crippen molar-refractivity contribution in [3.05, 3.63) is 23.4 Å². The maximum atomic E-state index is 9.81. The lowest BCUT2D eigenvalue weighted by Crippen LogP contribution is -2.26. The Morgan fingerprint density at radius 2 is 2.20 bits per heavy atom. The van der Waals surface area contributed by atoms with Crippen LogP contribution in [0.1, 0.15) is 51.3 Å². The quantitative estimate of drug-likeness (QED) is 0.785. The van der Waals surface area contributed by atoms with Crippen molar-refractivity contribution in [2.24, 2.45) is 11.8 Å². The Labute approximate surface area is 122 Å². The predicted molar refractivity (Wildman–Crippen MR) is 79.6 cm³/mol. The molecule has 108 valence electrons. The number of methoxy groups -OCH3 is 1. The van der Waals surface area contributed by atoms with Crippen molar-refractivity contribution in [3.8, 4) is 11.9 Å². The van der Waals surface area contributed by atoms with Crippen molar-refractivity contribution in [2.45, 2.75) is 51.9 Å². The van der Waals surface area contributed by atoms with Gasteiger partial charge in [-0.15, -0.1) is 0 Å². The zero-order valence-corrected chi connectivity index (χ0v) is 12.9. The fraction of sp³-hybridized carbons (Fsp3) is 0.647. The predicted octanol–water partition coefficient (Wildman–Crippen LogP) is 3.87. The molecule has 3 atom stereocenters. The molecular weight excluding hydrogens is 248 g/mol. The molecule has 0 fully saturated rings. The number of aromatic nitrogens is 1. The van der Waals surface area contributed by atoms with Gasteiger partial charge < -0.3 is 4.74 Å². The van der Waals surface area contributed by atoms with E-state index in [1.807, 2.05) is 6.07 Å². The minimum absolute atomic E-state index is 0.391. The van der Waals surface area contributed by atoms with Crippen LogP contribution in [0.5, 0.6) is 5.88 Å². The zero-order valence-electron chi connectivity index (χ0n) is 12.9. The molecule has 20 heavy (non-hydrogen) atoms. The molecule has 2 unspecified atom stereocenters. The number of pyridine rings is 1. The molecular formula is C17H24N2O. The van der Waals surface area contributed by atoms with E-state index in [1.165, 1.54) is 0 Å². The third kappa shape index (κ3) is 2.40. The Morgan fingerprint density at radius 1 is 1.45 bits per heavy atom. The molecule has 1 aliphatic carbocycles. The first-order valence-electron chi connectivity index (χ1n) is 7.55. The van der Waals surface area contributed by atoms with E-state index in [4.69, 9.17) is 4.74 Å². The second-order valence-corrected chi connectivity index (χ2v) is 5.95. The van der Waals surface area contributed by atoms with Crippen LogP contribution in [0, 0.1) is 23.2 Å². The Balaban J connectivity index is 2.58. The maximum absolute atomic E-state index is 9.81. The zero-order chi connectivity index (χ0) is 14.8. The minimum atomic E-state index is -0.391. The molecule has 1 heterocycles. The van der Waals surface area contributed by atoms with E-state index in [2.05, 4.69) is 37.9 Å². The van der Waals surface area contributed by atoms with Gasteiger partial charge in [-0.25, -0.2) is 4.98 Å². The minimum Gasteiger partial charge on any atom is -0.481 e. The van der Waals surface area contributed by atoms with Crippen LogP contribution in [0.25, 0.3) is 0 Å². The highest BCUT2D eigenvalue weighted by Gasteiger charge is 2.39. The van der Waals surface area contributed by atoms with Crippen LogP contribution in [0.3, 0.4) is 0 Å². The largest absolute Gasteiger partial charge is 0.481 e. The molecule has 0 N–H and O–H groups in total. The van der Waals surface area contributed by atoms with Gasteiger partial charge in [0.25, 0.3) is 0 Å². The van der Waals surface area contributed by atoms with E-state index in [0.717, 1.165) is 36.9 Å². The average molecular weight is 272 g/mol. The Morgan fingerprint density at radius 3 is 2.75 bits per heavy atom. The molecule has 0 aliphatic heterocycles. The van der Waals surface area contributed by atoms with Crippen molar-refractivity contribution < 1.29 is 4.74 Å². The third-order valence-electron chi connectivity index (χ3n) is 4.95. The molecule has 3 nitrogen and oxygen atoms in total. The fourth-order valence-corrected chi connectivity index (χ4v) is 3.53. The van der Waals surface area contributed by atoms with Crippen molar-refractivity contribution >= 4 is 0 Å². The van der Waals surface area contributed by atoms with E-state index < -0.39 is 5.41 Å². The van der Waals surface area contributed by atoms with Gasteiger partial charge >= 0.3 is 0 Å². The second kappa shape index (κ2) is 5.83. The fourth-order valence-electron chi connectivity index (χ4n) is 3.53. The summed E-state index contributed by atoms with van der Waals surface area (Å²) in [5.74, 6) is 1.78. The number of ether oxygens (including phenoxy) is 1. The highest BCUT2D eigenvalue weighted by molar-refractivity contribution is 5.39. The molecule has 0 spiro atoms. The highest BCUT2D eigenvalue weighted by atomic mass is 16.5. The molecule has 0 saturated carbocycles. The number of hydrogen-bond donors (Lipinski definition) is 0. The Kier molecular flexibility index (Phi) is 4.32. The number of rotatable bonds is 3. The summed E-state index contributed by atoms with van der Waals surface area (Å²) in [5.41, 5.74) is 1.79. The number of nitrogens with zero attached hydrogens (tertiary/aromatic N) is 2. The van der Waals surface area contributed by atoms with Gasteiger partial charge in [0, 0.05) is 11.8 Å². The molecule has 1 aliphatic rings. The second-order valence-electron chi connectivity index (χ2n) is 5.95. The smallest absolute Gasteiger partial charge is 0.213 e. The van der Waals surface area contributed by atoms with Crippen LogP contribution in [0.4, 0.5) is 0 Å². The number of hydrogen-bond acceptors (Lipinski definition) is 3. The summed E-state index contributed by atoms with van der Waals surface area (Å²) in [6, 6.07) is 6.54. The van der Waals surface area contributed by atoms with Gasteiger partial charge in [0.1, 0.15) is 0 Å². The lowest BCUT2D eigenvalue weighted by Gasteiger charge is -2.28. The number of nitriles is 1. The van der Waals surface area contributed by atoms with Crippen LogP contribution >= 0.6 is 0 Å². The number of fused-ring (bicyclic) bond motifs is 1. The van der Waals surface area contributed by atoms with Gasteiger partial charge in [-0.1, -0.05) is 33.3 Å². The van der Waals surface area contributed by atoms with Gasteiger partial charge in [0.15, 0.2) is 0 Å². The van der Waals surface area contributed by atoms with E-state index in [9.17, 15) is 5.26 Å². The molecule has 0 bridgehead atoms. The van der Waals surface area contributed by atoms with Crippen molar-refractivity contribution in [3.63, 3.8) is 0 Å². The van der Waals surface area contributed by atoms with Gasteiger partial charge in [0.05, 0.1) is 18.6 Å². The first-order valence-corrected chi connectivity index (χ1v) is 7.55. The molecule has 3 heteroatoms. The van der Waals surface area contributed by atoms with Crippen molar-refractivity contribution in [1.29, 1.82) is 5.26 Å². The maximum Gasteiger partial charge on any atom is 0.213 e. The van der Waals surface area contributed by atoms with Gasteiger partial charge in [-0.3, -0.25) is 0 Å². The summed E-state index contributed by atoms with van der Waals surface area (Å²) in [7, 11) is 1.64. The van der Waals surface area contributed by atoms with Crippen LogP contribution in [0.15, 0.2) is 12.1 Å². The standard InChI is InChI=1S/C17H24N2O/c1-5-13-9-15-14(7-8-16(19-15)20-4)17(6-2,11-18)10-12(13)3/h7-8,12-13H,5-6,9-10H2,1-4H3/t12?,13-,17?/m1/s1. The van der Waals surface area contributed by atoms with Crippen LogP contribution in [-0.2, 0) is 11.8 Å². The van der Waals surface area contributed by atoms with Crippen LogP contribution < -0.4 is 4.74 Å². The summed E-state index contributed by atoms with van der Waals surface area (Å²) >= 11 is 0. The van der Waals surface area contributed by atoms with E-state index in [1.54, 1.807) is 7.11 Å². The summed E-state index contributed by atoms with van der Waals surface area (Å²) in [4.78, 5) is 4.64. The normalized spacial score (nSPS) is 29.1. The summed E-state index contributed by atoms with van der Waals surface area (Å²) in [6.45, 7) is 6.61. The summed E-state index contributed by atoms with van der Waals surface area (Å²) in [6.07, 6.45) is 3.85.